The summed E-state index contributed by atoms with van der Waals surface area (Å²) < 4.78 is 0. The average Bonchev–Trinajstić information content (AvgIpc) is 2.35. The van der Waals surface area contributed by atoms with E-state index in [9.17, 15) is 4.79 Å². The van der Waals surface area contributed by atoms with Crippen molar-refractivity contribution in [3.05, 3.63) is 0 Å². The predicted molar refractivity (Wildman–Crippen MR) is 73.1 cm³/mol. The van der Waals surface area contributed by atoms with Crippen LogP contribution in [0.25, 0.3) is 0 Å². The maximum absolute atomic E-state index is 10.2. The van der Waals surface area contributed by atoms with E-state index in [1.807, 2.05) is 0 Å². The Labute approximate surface area is 107 Å². The highest BCUT2D eigenvalue weighted by atomic mass is 16.3. The van der Waals surface area contributed by atoms with Gasteiger partial charge < -0.3 is 9.90 Å². The van der Waals surface area contributed by atoms with Gasteiger partial charge in [0, 0.05) is 0 Å². The molecule has 102 valence electrons. The van der Waals surface area contributed by atoms with Gasteiger partial charge in [-0.25, -0.2) is 0 Å². The monoisotopic (exact) mass is 242 g/mol. The standard InChI is InChI=1S/C15H30O2/c1-2-3-4-5-6-7-8-9-10-11-12-13-15(17)14-16/h14-15,17H,2-13H2,1H3. The Bertz CT molecular complexity index is 157. The third-order valence-electron chi connectivity index (χ3n) is 3.26. The molecule has 0 bridgehead atoms. The molecular weight excluding hydrogens is 212 g/mol. The first-order valence-corrected chi connectivity index (χ1v) is 7.44. The van der Waals surface area contributed by atoms with Crippen molar-refractivity contribution in [2.75, 3.05) is 0 Å². The zero-order valence-corrected chi connectivity index (χ0v) is 11.5. The Hall–Kier alpha value is -0.370. The summed E-state index contributed by atoms with van der Waals surface area (Å²) in [4.78, 5) is 10.2. The van der Waals surface area contributed by atoms with Crippen LogP contribution in [0.3, 0.4) is 0 Å². The maximum atomic E-state index is 10.2. The second-order valence-electron chi connectivity index (χ2n) is 5.03. The van der Waals surface area contributed by atoms with Crippen LogP contribution in [0.2, 0.25) is 0 Å². The van der Waals surface area contributed by atoms with Crippen LogP contribution in [0.1, 0.15) is 84.0 Å². The van der Waals surface area contributed by atoms with Gasteiger partial charge in [-0.05, 0) is 6.42 Å². The summed E-state index contributed by atoms with van der Waals surface area (Å²) in [5, 5.41) is 9.03. The molecule has 0 spiro atoms. The van der Waals surface area contributed by atoms with E-state index in [0.29, 0.717) is 12.7 Å². The molecule has 0 aliphatic carbocycles. The van der Waals surface area contributed by atoms with Crippen LogP contribution in [0.15, 0.2) is 0 Å². The fraction of sp³-hybridized carbons (Fsp3) is 0.933. The molecule has 0 amide bonds. The summed E-state index contributed by atoms with van der Waals surface area (Å²) in [7, 11) is 0. The number of aldehydes is 1. The van der Waals surface area contributed by atoms with Gasteiger partial charge in [0.2, 0.25) is 0 Å². The third-order valence-corrected chi connectivity index (χ3v) is 3.26. The number of rotatable bonds is 13. The summed E-state index contributed by atoms with van der Waals surface area (Å²) in [6.07, 6.45) is 14.9. The van der Waals surface area contributed by atoms with Crippen molar-refractivity contribution in [2.24, 2.45) is 0 Å². The molecule has 0 aromatic rings. The first kappa shape index (κ1) is 16.6. The van der Waals surface area contributed by atoms with Gasteiger partial charge in [0.25, 0.3) is 0 Å². The summed E-state index contributed by atoms with van der Waals surface area (Å²) in [5.41, 5.74) is 0. The normalized spacial score (nSPS) is 12.6. The number of aliphatic hydroxyl groups is 1. The lowest BCUT2D eigenvalue weighted by Crippen LogP contribution is -2.06. The minimum absolute atomic E-state index is 0.635. The van der Waals surface area contributed by atoms with E-state index in [4.69, 9.17) is 5.11 Å². The Morgan fingerprint density at radius 2 is 1.24 bits per heavy atom. The molecule has 0 aliphatic heterocycles. The van der Waals surface area contributed by atoms with E-state index in [-0.39, 0.29) is 0 Å². The van der Waals surface area contributed by atoms with Crippen LogP contribution in [0.4, 0.5) is 0 Å². The first-order chi connectivity index (χ1) is 8.31. The van der Waals surface area contributed by atoms with Crippen LogP contribution in [0.5, 0.6) is 0 Å². The molecule has 0 radical (unpaired) electrons. The van der Waals surface area contributed by atoms with Crippen molar-refractivity contribution < 1.29 is 9.90 Å². The Kier molecular flexibility index (Phi) is 13.4. The van der Waals surface area contributed by atoms with Gasteiger partial charge in [-0.2, -0.15) is 0 Å². The number of unbranched alkanes of at least 4 members (excludes halogenated alkanes) is 10. The molecular formula is C15H30O2. The summed E-state index contributed by atoms with van der Waals surface area (Å²) in [6, 6.07) is 0. The molecule has 2 nitrogen and oxygen atoms in total. The lowest BCUT2D eigenvalue weighted by Gasteiger charge is -2.03. The highest BCUT2D eigenvalue weighted by Gasteiger charge is 2.00. The van der Waals surface area contributed by atoms with E-state index >= 15 is 0 Å². The molecule has 0 aromatic carbocycles. The van der Waals surface area contributed by atoms with Gasteiger partial charge in [0.1, 0.15) is 12.4 Å². The van der Waals surface area contributed by atoms with Crippen molar-refractivity contribution in [1.82, 2.24) is 0 Å². The van der Waals surface area contributed by atoms with Gasteiger partial charge in [-0.1, -0.05) is 77.6 Å². The molecule has 0 heterocycles. The summed E-state index contributed by atoms with van der Waals surface area (Å²) in [5.74, 6) is 0. The lowest BCUT2D eigenvalue weighted by atomic mass is 10.0. The number of aliphatic hydroxyl groups excluding tert-OH is 1. The molecule has 1 N–H and O–H groups in total. The summed E-state index contributed by atoms with van der Waals surface area (Å²) >= 11 is 0. The topological polar surface area (TPSA) is 37.3 Å². The lowest BCUT2D eigenvalue weighted by molar-refractivity contribution is -0.115. The van der Waals surface area contributed by atoms with E-state index in [0.717, 1.165) is 12.8 Å². The second-order valence-corrected chi connectivity index (χ2v) is 5.03. The Morgan fingerprint density at radius 3 is 1.65 bits per heavy atom. The highest BCUT2D eigenvalue weighted by molar-refractivity contribution is 5.55. The maximum Gasteiger partial charge on any atom is 0.148 e. The van der Waals surface area contributed by atoms with E-state index in [1.165, 1.54) is 57.8 Å². The minimum Gasteiger partial charge on any atom is -0.386 e. The van der Waals surface area contributed by atoms with Gasteiger partial charge in [0.15, 0.2) is 0 Å². The zero-order chi connectivity index (χ0) is 12.8. The van der Waals surface area contributed by atoms with Gasteiger partial charge in [0.05, 0.1) is 0 Å². The highest BCUT2D eigenvalue weighted by Crippen LogP contribution is 2.12. The number of carbonyl (C=O) groups excluding carboxylic acids is 1. The second kappa shape index (κ2) is 13.7. The average molecular weight is 242 g/mol. The van der Waals surface area contributed by atoms with Crippen LogP contribution in [-0.2, 0) is 4.79 Å². The molecule has 0 saturated heterocycles. The minimum atomic E-state index is -0.728. The molecule has 17 heavy (non-hydrogen) atoms. The van der Waals surface area contributed by atoms with Crippen LogP contribution < -0.4 is 0 Å². The molecule has 1 unspecified atom stereocenters. The smallest absolute Gasteiger partial charge is 0.148 e. The fourth-order valence-electron chi connectivity index (χ4n) is 2.09. The van der Waals surface area contributed by atoms with Crippen molar-refractivity contribution >= 4 is 6.29 Å². The molecule has 0 saturated carbocycles. The number of hydrogen-bond donors (Lipinski definition) is 1. The fourth-order valence-corrected chi connectivity index (χ4v) is 2.09. The Morgan fingerprint density at radius 1 is 0.824 bits per heavy atom. The van der Waals surface area contributed by atoms with Crippen LogP contribution >= 0.6 is 0 Å². The molecule has 2 heteroatoms. The van der Waals surface area contributed by atoms with E-state index in [2.05, 4.69) is 6.92 Å². The molecule has 0 rings (SSSR count). The molecule has 0 fully saturated rings. The van der Waals surface area contributed by atoms with E-state index < -0.39 is 6.10 Å². The SMILES string of the molecule is CCCCCCCCCCCCCC(O)C=O. The first-order valence-electron chi connectivity index (χ1n) is 7.44. The summed E-state index contributed by atoms with van der Waals surface area (Å²) in [6.45, 7) is 2.25. The molecule has 0 aromatic heterocycles. The Balaban J connectivity index is 2.96. The quantitative estimate of drug-likeness (QED) is 0.387. The van der Waals surface area contributed by atoms with Crippen molar-refractivity contribution in [3.8, 4) is 0 Å². The molecule has 0 aliphatic rings. The van der Waals surface area contributed by atoms with Gasteiger partial charge in [-0.15, -0.1) is 0 Å². The van der Waals surface area contributed by atoms with Gasteiger partial charge in [-0.3, -0.25) is 0 Å². The third kappa shape index (κ3) is 13.6. The van der Waals surface area contributed by atoms with Gasteiger partial charge >= 0.3 is 0 Å². The number of carbonyl (C=O) groups is 1. The van der Waals surface area contributed by atoms with Crippen LogP contribution in [0, 0.1) is 0 Å². The van der Waals surface area contributed by atoms with Crippen LogP contribution in [-0.4, -0.2) is 17.5 Å². The van der Waals surface area contributed by atoms with E-state index in [1.54, 1.807) is 0 Å². The number of hydrogen-bond acceptors (Lipinski definition) is 2. The van der Waals surface area contributed by atoms with Crippen molar-refractivity contribution in [3.63, 3.8) is 0 Å². The predicted octanol–water partition coefficient (Wildman–Crippen LogP) is 4.25. The zero-order valence-electron chi connectivity index (χ0n) is 11.5. The largest absolute Gasteiger partial charge is 0.386 e. The van der Waals surface area contributed by atoms with Crippen molar-refractivity contribution in [1.29, 1.82) is 0 Å². The van der Waals surface area contributed by atoms with Crippen molar-refractivity contribution in [2.45, 2.75) is 90.1 Å². The molecule has 1 atom stereocenters.